The molecule has 23 heavy (non-hydrogen) atoms. The van der Waals surface area contributed by atoms with Crippen molar-refractivity contribution in [3.8, 4) is 5.75 Å². The van der Waals surface area contributed by atoms with Gasteiger partial charge < -0.3 is 10.0 Å². The van der Waals surface area contributed by atoms with Gasteiger partial charge in [-0.25, -0.2) is 0 Å². The number of carbonyl (C=O) groups excluding carboxylic acids is 1. The number of benzene rings is 1. The predicted molar refractivity (Wildman–Crippen MR) is 87.3 cm³/mol. The van der Waals surface area contributed by atoms with Crippen molar-refractivity contribution < 1.29 is 9.90 Å². The van der Waals surface area contributed by atoms with Gasteiger partial charge in [-0.2, -0.15) is 0 Å². The Morgan fingerprint density at radius 2 is 2.00 bits per heavy atom. The first-order chi connectivity index (χ1) is 11.2. The molecule has 4 heteroatoms. The Hall–Kier alpha value is -2.36. The van der Waals surface area contributed by atoms with E-state index >= 15 is 0 Å². The van der Waals surface area contributed by atoms with E-state index in [1.807, 2.05) is 11.0 Å². The van der Waals surface area contributed by atoms with Gasteiger partial charge >= 0.3 is 0 Å². The summed E-state index contributed by atoms with van der Waals surface area (Å²) >= 11 is 0. The van der Waals surface area contributed by atoms with Crippen molar-refractivity contribution in [3.05, 3.63) is 59.9 Å². The van der Waals surface area contributed by atoms with Crippen molar-refractivity contribution >= 4 is 5.91 Å². The second kappa shape index (κ2) is 5.37. The largest absolute Gasteiger partial charge is 0.506 e. The lowest BCUT2D eigenvalue weighted by atomic mass is 9.61. The Morgan fingerprint density at radius 1 is 1.22 bits per heavy atom. The molecular weight excluding hydrogens is 288 g/mol. The third-order valence-corrected chi connectivity index (χ3v) is 5.46. The zero-order valence-corrected chi connectivity index (χ0v) is 13.0. The van der Waals surface area contributed by atoms with Crippen molar-refractivity contribution in [2.24, 2.45) is 5.41 Å². The van der Waals surface area contributed by atoms with Crippen LogP contribution in [0.5, 0.6) is 5.75 Å². The second-order valence-corrected chi connectivity index (χ2v) is 6.80. The van der Waals surface area contributed by atoms with Gasteiger partial charge in [0.25, 0.3) is 5.91 Å². The van der Waals surface area contributed by atoms with Gasteiger partial charge in [-0.1, -0.05) is 36.8 Å². The standard InChI is InChI=1S/C19H20N2O2/c22-16-9-15(10-20-11-16)18(23)21-12-17(14-5-2-1-3-6-14)19(13-21)7-4-8-19/h1-3,5-6,9-11,17,22H,4,7-8,12-13H2/t17-/m1/s1. The van der Waals surface area contributed by atoms with E-state index < -0.39 is 0 Å². The van der Waals surface area contributed by atoms with E-state index in [-0.39, 0.29) is 17.1 Å². The lowest BCUT2D eigenvalue weighted by Crippen LogP contribution is -2.37. The molecule has 1 amide bonds. The number of aromatic hydroxyl groups is 1. The van der Waals surface area contributed by atoms with E-state index in [2.05, 4.69) is 29.2 Å². The number of hydrogen-bond acceptors (Lipinski definition) is 3. The molecule has 1 aliphatic heterocycles. The minimum absolute atomic E-state index is 0.0295. The quantitative estimate of drug-likeness (QED) is 0.927. The van der Waals surface area contributed by atoms with Gasteiger partial charge in [-0.15, -0.1) is 0 Å². The van der Waals surface area contributed by atoms with Crippen LogP contribution in [0.4, 0.5) is 0 Å². The summed E-state index contributed by atoms with van der Waals surface area (Å²) in [4.78, 5) is 18.6. The van der Waals surface area contributed by atoms with Crippen LogP contribution in [0.2, 0.25) is 0 Å². The van der Waals surface area contributed by atoms with Crippen LogP contribution >= 0.6 is 0 Å². The Bertz CT molecular complexity index is 725. The molecule has 1 aromatic carbocycles. The molecule has 1 saturated heterocycles. The lowest BCUT2D eigenvalue weighted by molar-refractivity contribution is 0.0724. The van der Waals surface area contributed by atoms with Crippen molar-refractivity contribution in [2.75, 3.05) is 13.1 Å². The fraction of sp³-hybridized carbons (Fsp3) is 0.368. The van der Waals surface area contributed by atoms with Crippen LogP contribution in [0, 0.1) is 5.41 Å². The molecule has 1 aromatic heterocycles. The van der Waals surface area contributed by atoms with Gasteiger partial charge in [0.1, 0.15) is 5.75 Å². The van der Waals surface area contributed by atoms with Crippen molar-refractivity contribution in [2.45, 2.75) is 25.2 Å². The van der Waals surface area contributed by atoms with Crippen LogP contribution in [0.3, 0.4) is 0 Å². The molecule has 4 nitrogen and oxygen atoms in total. The number of pyridine rings is 1. The molecule has 0 unspecified atom stereocenters. The molecule has 1 spiro atoms. The number of hydrogen-bond donors (Lipinski definition) is 1. The van der Waals surface area contributed by atoms with Gasteiger partial charge in [0.15, 0.2) is 0 Å². The molecule has 118 valence electrons. The third kappa shape index (κ3) is 2.38. The van der Waals surface area contributed by atoms with Crippen molar-refractivity contribution in [3.63, 3.8) is 0 Å². The van der Waals surface area contributed by atoms with E-state index in [0.717, 1.165) is 13.1 Å². The van der Waals surface area contributed by atoms with Crippen LogP contribution in [-0.2, 0) is 0 Å². The highest BCUT2D eigenvalue weighted by Crippen LogP contribution is 2.55. The summed E-state index contributed by atoms with van der Waals surface area (Å²) in [5, 5.41) is 9.56. The van der Waals surface area contributed by atoms with Crippen LogP contribution in [-0.4, -0.2) is 34.0 Å². The van der Waals surface area contributed by atoms with E-state index in [1.165, 1.54) is 43.3 Å². The summed E-state index contributed by atoms with van der Waals surface area (Å²) in [6.07, 6.45) is 6.51. The molecule has 2 fully saturated rings. The molecule has 0 bridgehead atoms. The van der Waals surface area contributed by atoms with E-state index in [1.54, 1.807) is 0 Å². The van der Waals surface area contributed by atoms with Crippen LogP contribution in [0.25, 0.3) is 0 Å². The van der Waals surface area contributed by atoms with Gasteiger partial charge in [0, 0.05) is 25.2 Å². The molecule has 2 aliphatic rings. The van der Waals surface area contributed by atoms with Crippen molar-refractivity contribution in [1.29, 1.82) is 0 Å². The summed E-state index contributed by atoms with van der Waals surface area (Å²) in [6, 6.07) is 12.0. The molecule has 0 radical (unpaired) electrons. The molecule has 4 rings (SSSR count). The zero-order chi connectivity index (χ0) is 15.9. The first-order valence-electron chi connectivity index (χ1n) is 8.16. The fourth-order valence-electron chi connectivity index (χ4n) is 4.13. The maximum absolute atomic E-state index is 12.8. The third-order valence-electron chi connectivity index (χ3n) is 5.46. The molecule has 2 aromatic rings. The predicted octanol–water partition coefficient (Wildman–Crippen LogP) is 3.20. The number of aromatic nitrogens is 1. The van der Waals surface area contributed by atoms with Gasteiger partial charge in [-0.05, 0) is 29.9 Å². The SMILES string of the molecule is O=C(c1cncc(O)c1)N1C[C@H](c2ccccc2)C2(CCC2)C1. The smallest absolute Gasteiger partial charge is 0.255 e. The fourth-order valence-corrected chi connectivity index (χ4v) is 4.13. The Kier molecular flexibility index (Phi) is 3.33. The van der Waals surface area contributed by atoms with Gasteiger partial charge in [0.05, 0.1) is 11.8 Å². The second-order valence-electron chi connectivity index (χ2n) is 6.80. The molecule has 1 N–H and O–H groups in total. The number of rotatable bonds is 2. The minimum Gasteiger partial charge on any atom is -0.506 e. The monoisotopic (exact) mass is 308 g/mol. The summed E-state index contributed by atoms with van der Waals surface area (Å²) in [5.74, 6) is 0.415. The van der Waals surface area contributed by atoms with Gasteiger partial charge in [0.2, 0.25) is 0 Å². The molecule has 1 aliphatic carbocycles. The summed E-state index contributed by atoms with van der Waals surface area (Å²) in [7, 11) is 0. The highest BCUT2D eigenvalue weighted by Gasteiger charge is 2.51. The highest BCUT2D eigenvalue weighted by molar-refractivity contribution is 5.94. The maximum atomic E-state index is 12.8. The summed E-state index contributed by atoms with van der Waals surface area (Å²) in [5.41, 5.74) is 2.03. The topological polar surface area (TPSA) is 53.4 Å². The highest BCUT2D eigenvalue weighted by atomic mass is 16.3. The Labute approximate surface area is 135 Å². The summed E-state index contributed by atoms with van der Waals surface area (Å²) < 4.78 is 0. The first-order valence-corrected chi connectivity index (χ1v) is 8.16. The minimum atomic E-state index is -0.0295. The maximum Gasteiger partial charge on any atom is 0.255 e. The number of likely N-dealkylation sites (tertiary alicyclic amines) is 1. The normalized spacial score (nSPS) is 22.1. The zero-order valence-electron chi connectivity index (χ0n) is 13.0. The van der Waals surface area contributed by atoms with Crippen molar-refractivity contribution in [1.82, 2.24) is 9.88 Å². The lowest BCUT2D eigenvalue weighted by Gasteiger charge is -2.43. The molecular formula is C19H20N2O2. The Morgan fingerprint density at radius 3 is 2.65 bits per heavy atom. The number of amides is 1. The Balaban J connectivity index is 1.61. The number of nitrogens with zero attached hydrogens (tertiary/aromatic N) is 2. The molecule has 2 heterocycles. The van der Waals surface area contributed by atoms with Crippen LogP contribution in [0.15, 0.2) is 48.8 Å². The number of carbonyl (C=O) groups is 1. The molecule has 1 saturated carbocycles. The van der Waals surface area contributed by atoms with Gasteiger partial charge in [-0.3, -0.25) is 9.78 Å². The average molecular weight is 308 g/mol. The van der Waals surface area contributed by atoms with E-state index in [0.29, 0.717) is 11.5 Å². The summed E-state index contributed by atoms with van der Waals surface area (Å²) in [6.45, 7) is 1.56. The average Bonchev–Trinajstić information content (AvgIpc) is 2.96. The van der Waals surface area contributed by atoms with E-state index in [9.17, 15) is 9.90 Å². The van der Waals surface area contributed by atoms with Crippen LogP contribution in [0.1, 0.15) is 41.1 Å². The van der Waals surface area contributed by atoms with Crippen LogP contribution < -0.4 is 0 Å². The molecule has 1 atom stereocenters. The van der Waals surface area contributed by atoms with E-state index in [4.69, 9.17) is 0 Å². The first kappa shape index (κ1) is 14.2.